The van der Waals surface area contributed by atoms with Crippen molar-refractivity contribution in [3.8, 4) is 0 Å². The Balaban J connectivity index is 1.55. The van der Waals surface area contributed by atoms with Gasteiger partial charge in [0.25, 0.3) is 5.91 Å². The average molecular weight is 369 g/mol. The van der Waals surface area contributed by atoms with Crippen molar-refractivity contribution in [2.75, 3.05) is 13.1 Å². The van der Waals surface area contributed by atoms with Crippen LogP contribution in [0.3, 0.4) is 0 Å². The molecule has 0 bridgehead atoms. The minimum atomic E-state index is -0.136. The van der Waals surface area contributed by atoms with Crippen LogP contribution in [0.1, 0.15) is 27.4 Å². The topological polar surface area (TPSA) is 49.4 Å². The van der Waals surface area contributed by atoms with Crippen LogP contribution >= 0.6 is 34.3 Å². The standard InChI is InChI=1S/C16H17ClN2O2S2/c17-14-6-5-12(23-14)9-18-15(20)11-3-1-7-19(10-11)16(21)13-4-2-8-22-13/h2,4-6,8,11H,1,3,7,9-10H2,(H,18,20). The maximum atomic E-state index is 12.4. The third-order valence-electron chi connectivity index (χ3n) is 3.88. The van der Waals surface area contributed by atoms with Crippen molar-refractivity contribution in [3.63, 3.8) is 0 Å². The van der Waals surface area contributed by atoms with Crippen LogP contribution in [0.5, 0.6) is 0 Å². The minimum absolute atomic E-state index is 0.0122. The molecule has 1 aliphatic rings. The third-order valence-corrected chi connectivity index (χ3v) is 5.97. The number of carbonyl (C=O) groups is 2. The zero-order valence-electron chi connectivity index (χ0n) is 12.5. The fraction of sp³-hybridized carbons (Fsp3) is 0.375. The molecule has 1 N–H and O–H groups in total. The van der Waals surface area contributed by atoms with Gasteiger partial charge < -0.3 is 10.2 Å². The van der Waals surface area contributed by atoms with Gasteiger partial charge in [0.15, 0.2) is 0 Å². The first-order valence-corrected chi connectivity index (χ1v) is 9.55. The van der Waals surface area contributed by atoms with Crippen molar-refractivity contribution in [3.05, 3.63) is 43.7 Å². The van der Waals surface area contributed by atoms with Crippen molar-refractivity contribution in [1.82, 2.24) is 10.2 Å². The lowest BCUT2D eigenvalue weighted by Crippen LogP contribution is -2.45. The van der Waals surface area contributed by atoms with E-state index >= 15 is 0 Å². The predicted molar refractivity (Wildman–Crippen MR) is 94.1 cm³/mol. The largest absolute Gasteiger partial charge is 0.351 e. The molecule has 1 fully saturated rings. The van der Waals surface area contributed by atoms with Gasteiger partial charge in [-0.15, -0.1) is 22.7 Å². The first kappa shape index (κ1) is 16.5. The highest BCUT2D eigenvalue weighted by atomic mass is 35.5. The van der Waals surface area contributed by atoms with Gasteiger partial charge in [-0.25, -0.2) is 0 Å². The van der Waals surface area contributed by atoms with Crippen LogP contribution < -0.4 is 5.32 Å². The minimum Gasteiger partial charge on any atom is -0.351 e. The van der Waals surface area contributed by atoms with Crippen molar-refractivity contribution < 1.29 is 9.59 Å². The number of rotatable bonds is 4. The van der Waals surface area contributed by atoms with Crippen LogP contribution in [0.25, 0.3) is 0 Å². The molecule has 0 spiro atoms. The molecule has 3 heterocycles. The predicted octanol–water partition coefficient (Wildman–Crippen LogP) is 3.63. The van der Waals surface area contributed by atoms with E-state index in [0.717, 1.165) is 33.5 Å². The SMILES string of the molecule is O=C(NCc1ccc(Cl)s1)C1CCCN(C(=O)c2cccs2)C1. The van der Waals surface area contributed by atoms with Crippen molar-refractivity contribution in [2.45, 2.75) is 19.4 Å². The van der Waals surface area contributed by atoms with Gasteiger partial charge in [-0.3, -0.25) is 9.59 Å². The van der Waals surface area contributed by atoms with Crippen LogP contribution in [-0.2, 0) is 11.3 Å². The molecule has 1 unspecified atom stereocenters. The summed E-state index contributed by atoms with van der Waals surface area (Å²) in [6, 6.07) is 7.45. The number of likely N-dealkylation sites (tertiary alicyclic amines) is 1. The van der Waals surface area contributed by atoms with E-state index in [-0.39, 0.29) is 17.7 Å². The highest BCUT2D eigenvalue weighted by molar-refractivity contribution is 7.16. The molecule has 4 nitrogen and oxygen atoms in total. The fourth-order valence-corrected chi connectivity index (χ4v) is 4.42. The molecule has 0 aromatic carbocycles. The van der Waals surface area contributed by atoms with Gasteiger partial charge in [-0.2, -0.15) is 0 Å². The quantitative estimate of drug-likeness (QED) is 0.895. The van der Waals surface area contributed by atoms with Gasteiger partial charge in [0.1, 0.15) is 0 Å². The Morgan fingerprint density at radius 2 is 2.22 bits per heavy atom. The number of nitrogens with one attached hydrogen (secondary N) is 1. The monoisotopic (exact) mass is 368 g/mol. The second-order valence-electron chi connectivity index (χ2n) is 5.49. The van der Waals surface area contributed by atoms with Crippen LogP contribution in [0.4, 0.5) is 0 Å². The number of amides is 2. The van der Waals surface area contributed by atoms with Crippen LogP contribution in [-0.4, -0.2) is 29.8 Å². The highest BCUT2D eigenvalue weighted by Gasteiger charge is 2.29. The normalized spacial score (nSPS) is 18.0. The summed E-state index contributed by atoms with van der Waals surface area (Å²) in [5.41, 5.74) is 0. The van der Waals surface area contributed by atoms with E-state index in [4.69, 9.17) is 11.6 Å². The molecule has 2 amide bonds. The average Bonchev–Trinajstić information content (AvgIpc) is 3.23. The van der Waals surface area contributed by atoms with Crippen LogP contribution in [0, 0.1) is 5.92 Å². The van der Waals surface area contributed by atoms with E-state index in [9.17, 15) is 9.59 Å². The molecular weight excluding hydrogens is 352 g/mol. The smallest absolute Gasteiger partial charge is 0.263 e. The van der Waals surface area contributed by atoms with E-state index in [0.29, 0.717) is 13.1 Å². The summed E-state index contributed by atoms with van der Waals surface area (Å²) in [7, 11) is 0. The second kappa shape index (κ2) is 7.47. The number of hydrogen-bond donors (Lipinski definition) is 1. The number of piperidine rings is 1. The summed E-state index contributed by atoms with van der Waals surface area (Å²) in [4.78, 5) is 28.3. The van der Waals surface area contributed by atoms with E-state index in [1.807, 2.05) is 29.6 Å². The van der Waals surface area contributed by atoms with Crippen molar-refractivity contribution in [1.29, 1.82) is 0 Å². The van der Waals surface area contributed by atoms with E-state index in [1.165, 1.54) is 22.7 Å². The van der Waals surface area contributed by atoms with Gasteiger partial charge in [0.05, 0.1) is 21.7 Å². The summed E-state index contributed by atoms with van der Waals surface area (Å²) >= 11 is 8.80. The lowest BCUT2D eigenvalue weighted by Gasteiger charge is -2.31. The molecule has 2 aromatic rings. The number of thiophene rings is 2. The summed E-state index contributed by atoms with van der Waals surface area (Å²) in [5, 5.41) is 4.85. The van der Waals surface area contributed by atoms with Gasteiger partial charge in [-0.05, 0) is 36.4 Å². The number of nitrogens with zero attached hydrogens (tertiary/aromatic N) is 1. The highest BCUT2D eigenvalue weighted by Crippen LogP contribution is 2.23. The van der Waals surface area contributed by atoms with Crippen LogP contribution in [0.2, 0.25) is 4.34 Å². The maximum absolute atomic E-state index is 12.4. The molecule has 1 aliphatic heterocycles. The maximum Gasteiger partial charge on any atom is 0.263 e. The van der Waals surface area contributed by atoms with E-state index in [1.54, 1.807) is 4.90 Å². The Hall–Kier alpha value is -1.37. The van der Waals surface area contributed by atoms with Gasteiger partial charge in [0.2, 0.25) is 5.91 Å². The summed E-state index contributed by atoms with van der Waals surface area (Å²) < 4.78 is 0.722. The van der Waals surface area contributed by atoms with Gasteiger partial charge in [0, 0.05) is 18.0 Å². The number of carbonyl (C=O) groups excluding carboxylic acids is 2. The molecule has 3 rings (SSSR count). The molecule has 7 heteroatoms. The molecule has 0 radical (unpaired) electrons. The summed E-state index contributed by atoms with van der Waals surface area (Å²) in [6.45, 7) is 1.71. The third kappa shape index (κ3) is 4.13. The Labute approximate surface area is 148 Å². The summed E-state index contributed by atoms with van der Waals surface area (Å²) in [5.74, 6) is -0.0937. The molecule has 0 aliphatic carbocycles. The lowest BCUT2D eigenvalue weighted by atomic mass is 9.97. The molecular formula is C16H17ClN2O2S2. The number of halogens is 1. The van der Waals surface area contributed by atoms with Crippen LogP contribution in [0.15, 0.2) is 29.6 Å². The first-order valence-electron chi connectivity index (χ1n) is 7.48. The molecule has 23 heavy (non-hydrogen) atoms. The first-order chi connectivity index (χ1) is 11.1. The molecule has 2 aromatic heterocycles. The van der Waals surface area contributed by atoms with Crippen molar-refractivity contribution >= 4 is 46.1 Å². The Bertz CT molecular complexity index is 684. The number of hydrogen-bond acceptors (Lipinski definition) is 4. The van der Waals surface area contributed by atoms with E-state index in [2.05, 4.69) is 5.32 Å². The van der Waals surface area contributed by atoms with Crippen molar-refractivity contribution in [2.24, 2.45) is 5.92 Å². The van der Waals surface area contributed by atoms with Gasteiger partial charge in [-0.1, -0.05) is 17.7 Å². The second-order valence-corrected chi connectivity index (χ2v) is 8.24. The summed E-state index contributed by atoms with van der Waals surface area (Å²) in [6.07, 6.45) is 1.69. The zero-order valence-corrected chi connectivity index (χ0v) is 14.8. The Kier molecular flexibility index (Phi) is 5.35. The van der Waals surface area contributed by atoms with Gasteiger partial charge >= 0.3 is 0 Å². The lowest BCUT2D eigenvalue weighted by molar-refractivity contribution is -0.126. The van der Waals surface area contributed by atoms with E-state index < -0.39 is 0 Å². The fourth-order valence-electron chi connectivity index (χ4n) is 2.70. The Morgan fingerprint density at radius 3 is 2.91 bits per heavy atom. The molecule has 122 valence electrons. The zero-order chi connectivity index (χ0) is 16.2. The molecule has 1 atom stereocenters. The molecule has 1 saturated heterocycles. The molecule has 0 saturated carbocycles. The Morgan fingerprint density at radius 1 is 1.35 bits per heavy atom.